The molecule has 0 atom stereocenters. The molecule has 0 radical (unpaired) electrons. The zero-order chi connectivity index (χ0) is 15.8. The molecular weight excluding hydrogens is 292 g/mol. The number of rotatable bonds is 2. The minimum Gasteiger partial charge on any atom is -0.341 e. The third-order valence-electron chi connectivity index (χ3n) is 4.74. The number of benzene rings is 1. The summed E-state index contributed by atoms with van der Waals surface area (Å²) in [4.78, 5) is 35.0. The first kappa shape index (κ1) is 14.2. The van der Waals surface area contributed by atoms with E-state index in [9.17, 15) is 9.59 Å². The zero-order valence-corrected chi connectivity index (χ0v) is 13.1. The van der Waals surface area contributed by atoms with Crippen molar-refractivity contribution in [3.63, 3.8) is 0 Å². The van der Waals surface area contributed by atoms with Crippen LogP contribution >= 0.6 is 0 Å². The van der Waals surface area contributed by atoms with Gasteiger partial charge in [-0.25, -0.2) is 4.79 Å². The fourth-order valence-corrected chi connectivity index (χ4v) is 3.54. The molecule has 0 aliphatic carbocycles. The Balaban J connectivity index is 1.63. The molecule has 1 aromatic rings. The van der Waals surface area contributed by atoms with Gasteiger partial charge in [0.2, 0.25) is 5.91 Å². The first-order valence-corrected chi connectivity index (χ1v) is 8.26. The fourth-order valence-electron chi connectivity index (χ4n) is 3.54. The topological polar surface area (TPSA) is 56.2 Å². The lowest BCUT2D eigenvalue weighted by Gasteiger charge is -2.36. The van der Waals surface area contributed by atoms with Crippen LogP contribution in [0.15, 0.2) is 29.3 Å². The van der Waals surface area contributed by atoms with Crippen LogP contribution in [-0.4, -0.2) is 60.3 Å². The lowest BCUT2D eigenvalue weighted by molar-refractivity contribution is -0.130. The van der Waals surface area contributed by atoms with Gasteiger partial charge >= 0.3 is 6.03 Å². The molecule has 1 aromatic carbocycles. The molecule has 0 aromatic heterocycles. The maximum Gasteiger partial charge on any atom is 0.330 e. The number of amidine groups is 1. The molecule has 0 bridgehead atoms. The first-order chi connectivity index (χ1) is 11.3. The number of likely N-dealkylation sites (tertiary alicyclic amines) is 1. The number of fused-ring (bicyclic) bond motifs is 3. The van der Waals surface area contributed by atoms with E-state index in [1.807, 2.05) is 29.2 Å². The standard InChI is InChI=1S/C17H20N4O2/c22-15(19-9-4-1-5-10-19)12-21-14-7-3-2-6-13(14)16-18-8-11-20(16)17(21)23/h2-3,6-7H,1,4-5,8-12H2. The van der Waals surface area contributed by atoms with E-state index < -0.39 is 0 Å². The van der Waals surface area contributed by atoms with E-state index in [2.05, 4.69) is 4.99 Å². The number of urea groups is 1. The van der Waals surface area contributed by atoms with Crippen LogP contribution < -0.4 is 4.90 Å². The van der Waals surface area contributed by atoms with Crippen molar-refractivity contribution >= 4 is 23.5 Å². The lowest BCUT2D eigenvalue weighted by Crippen LogP contribution is -2.53. The van der Waals surface area contributed by atoms with Gasteiger partial charge in [-0.15, -0.1) is 0 Å². The van der Waals surface area contributed by atoms with Crippen LogP contribution in [0.2, 0.25) is 0 Å². The molecule has 23 heavy (non-hydrogen) atoms. The Hall–Kier alpha value is -2.37. The summed E-state index contributed by atoms with van der Waals surface area (Å²) < 4.78 is 0. The highest BCUT2D eigenvalue weighted by Gasteiger charge is 2.38. The zero-order valence-electron chi connectivity index (χ0n) is 13.1. The SMILES string of the molecule is O=C(CN1C(=O)N2CCN=C2c2ccccc21)N1CCCCC1. The van der Waals surface area contributed by atoms with E-state index in [4.69, 9.17) is 0 Å². The van der Waals surface area contributed by atoms with Crippen molar-refractivity contribution in [2.75, 3.05) is 37.6 Å². The molecule has 1 fully saturated rings. The molecule has 0 N–H and O–H groups in total. The summed E-state index contributed by atoms with van der Waals surface area (Å²) in [6.45, 7) is 2.94. The van der Waals surface area contributed by atoms with Crippen LogP contribution in [0.1, 0.15) is 24.8 Å². The van der Waals surface area contributed by atoms with Gasteiger partial charge in [0.1, 0.15) is 12.4 Å². The molecule has 120 valence electrons. The predicted octanol–water partition coefficient (Wildman–Crippen LogP) is 1.70. The molecule has 3 aliphatic heterocycles. The van der Waals surface area contributed by atoms with Gasteiger partial charge in [-0.2, -0.15) is 0 Å². The number of nitrogens with zero attached hydrogens (tertiary/aromatic N) is 4. The van der Waals surface area contributed by atoms with E-state index in [1.165, 1.54) is 6.42 Å². The third kappa shape index (κ3) is 2.38. The van der Waals surface area contributed by atoms with Gasteiger partial charge in [-0.3, -0.25) is 19.6 Å². The molecule has 3 aliphatic rings. The second kappa shape index (κ2) is 5.68. The second-order valence-electron chi connectivity index (χ2n) is 6.18. The van der Waals surface area contributed by atoms with Crippen LogP contribution in [0.3, 0.4) is 0 Å². The Morgan fingerprint density at radius 3 is 2.70 bits per heavy atom. The Labute approximate surface area is 135 Å². The van der Waals surface area contributed by atoms with Crippen LogP contribution in [0.25, 0.3) is 0 Å². The summed E-state index contributed by atoms with van der Waals surface area (Å²) in [5, 5.41) is 0. The monoisotopic (exact) mass is 312 g/mol. The molecule has 0 saturated carbocycles. The fraction of sp³-hybridized carbons (Fsp3) is 0.471. The molecule has 1 saturated heterocycles. The quantitative estimate of drug-likeness (QED) is 0.834. The second-order valence-corrected chi connectivity index (χ2v) is 6.18. The number of aliphatic imine (C=N–C) groups is 1. The highest BCUT2D eigenvalue weighted by atomic mass is 16.2. The molecule has 6 nitrogen and oxygen atoms in total. The average molecular weight is 312 g/mol. The normalized spacial score (nSPS) is 20.3. The minimum atomic E-state index is -0.134. The van der Waals surface area contributed by atoms with Crippen molar-refractivity contribution < 1.29 is 9.59 Å². The molecule has 0 unspecified atom stereocenters. The Morgan fingerprint density at radius 1 is 1.09 bits per heavy atom. The van der Waals surface area contributed by atoms with Crippen LogP contribution in [-0.2, 0) is 4.79 Å². The van der Waals surface area contributed by atoms with E-state index in [1.54, 1.807) is 9.80 Å². The Bertz CT molecular complexity index is 679. The molecule has 4 rings (SSSR count). The number of anilines is 1. The van der Waals surface area contributed by atoms with Crippen molar-refractivity contribution in [1.29, 1.82) is 0 Å². The number of hydrogen-bond acceptors (Lipinski definition) is 3. The van der Waals surface area contributed by atoms with Crippen LogP contribution in [0, 0.1) is 0 Å². The van der Waals surface area contributed by atoms with Gasteiger partial charge in [-0.05, 0) is 31.4 Å². The van der Waals surface area contributed by atoms with Crippen LogP contribution in [0.5, 0.6) is 0 Å². The van der Waals surface area contributed by atoms with Crippen molar-refractivity contribution in [1.82, 2.24) is 9.80 Å². The maximum atomic E-state index is 12.8. The number of para-hydroxylation sites is 1. The first-order valence-electron chi connectivity index (χ1n) is 8.26. The van der Waals surface area contributed by atoms with Crippen molar-refractivity contribution in [2.45, 2.75) is 19.3 Å². The Morgan fingerprint density at radius 2 is 1.87 bits per heavy atom. The summed E-state index contributed by atoms with van der Waals surface area (Å²) in [5.41, 5.74) is 1.73. The highest BCUT2D eigenvalue weighted by molar-refractivity contribution is 6.20. The van der Waals surface area contributed by atoms with E-state index >= 15 is 0 Å². The minimum absolute atomic E-state index is 0.0347. The van der Waals surface area contributed by atoms with Crippen LogP contribution in [0.4, 0.5) is 10.5 Å². The van der Waals surface area contributed by atoms with E-state index in [0.717, 1.165) is 43.0 Å². The molecule has 0 spiro atoms. The van der Waals surface area contributed by atoms with Crippen molar-refractivity contribution in [2.24, 2.45) is 4.99 Å². The number of carbonyl (C=O) groups excluding carboxylic acids is 2. The number of hydrogen-bond donors (Lipinski definition) is 0. The summed E-state index contributed by atoms with van der Waals surface area (Å²) in [5.74, 6) is 0.778. The molecule has 6 heteroatoms. The van der Waals surface area contributed by atoms with Gasteiger partial charge in [0, 0.05) is 25.2 Å². The number of amides is 3. The van der Waals surface area contributed by atoms with Gasteiger partial charge in [0.15, 0.2) is 0 Å². The predicted molar refractivity (Wildman–Crippen MR) is 87.7 cm³/mol. The summed E-state index contributed by atoms with van der Waals surface area (Å²) in [6, 6.07) is 7.57. The van der Waals surface area contributed by atoms with Gasteiger partial charge in [0.25, 0.3) is 0 Å². The van der Waals surface area contributed by atoms with Gasteiger partial charge in [0.05, 0.1) is 12.2 Å². The largest absolute Gasteiger partial charge is 0.341 e. The smallest absolute Gasteiger partial charge is 0.330 e. The summed E-state index contributed by atoms with van der Waals surface area (Å²) in [7, 11) is 0. The number of piperidine rings is 1. The summed E-state index contributed by atoms with van der Waals surface area (Å²) >= 11 is 0. The van der Waals surface area contributed by atoms with Gasteiger partial charge in [-0.1, -0.05) is 12.1 Å². The lowest BCUT2D eigenvalue weighted by atomic mass is 10.1. The third-order valence-corrected chi connectivity index (χ3v) is 4.74. The molecule has 3 heterocycles. The maximum absolute atomic E-state index is 12.8. The number of carbonyl (C=O) groups is 2. The van der Waals surface area contributed by atoms with Crippen molar-refractivity contribution in [3.05, 3.63) is 29.8 Å². The van der Waals surface area contributed by atoms with Crippen molar-refractivity contribution in [3.8, 4) is 0 Å². The van der Waals surface area contributed by atoms with Gasteiger partial charge < -0.3 is 4.90 Å². The van der Waals surface area contributed by atoms with E-state index in [-0.39, 0.29) is 18.5 Å². The Kier molecular flexibility index (Phi) is 3.52. The molecular formula is C17H20N4O2. The average Bonchev–Trinajstić information content (AvgIpc) is 3.09. The molecule has 3 amide bonds. The van der Waals surface area contributed by atoms with E-state index in [0.29, 0.717) is 13.1 Å². The highest BCUT2D eigenvalue weighted by Crippen LogP contribution is 2.30. The summed E-state index contributed by atoms with van der Waals surface area (Å²) in [6.07, 6.45) is 3.29.